The van der Waals surface area contributed by atoms with Crippen molar-refractivity contribution in [1.29, 1.82) is 0 Å². The van der Waals surface area contributed by atoms with Crippen LogP contribution in [0.5, 0.6) is 5.75 Å². The van der Waals surface area contributed by atoms with Gasteiger partial charge in [-0.1, -0.05) is 18.2 Å². The predicted molar refractivity (Wildman–Crippen MR) is 76.3 cm³/mol. The number of H-pyrrole nitrogens is 2. The van der Waals surface area contributed by atoms with Crippen LogP contribution in [0.15, 0.2) is 33.9 Å². The highest BCUT2D eigenvalue weighted by Crippen LogP contribution is 2.16. The molecule has 21 heavy (non-hydrogen) atoms. The van der Waals surface area contributed by atoms with Gasteiger partial charge in [-0.25, -0.2) is 4.79 Å². The third-order valence-corrected chi connectivity index (χ3v) is 2.66. The maximum atomic E-state index is 11.4. The number of hydrogen-bond acceptors (Lipinski definition) is 5. The molecule has 108 valence electrons. The van der Waals surface area contributed by atoms with Crippen molar-refractivity contribution in [2.45, 2.75) is 0 Å². The smallest absolute Gasteiger partial charge is 0.357 e. The van der Waals surface area contributed by atoms with Crippen molar-refractivity contribution in [1.82, 2.24) is 9.97 Å². The van der Waals surface area contributed by atoms with Crippen molar-refractivity contribution >= 4 is 17.8 Å². The van der Waals surface area contributed by atoms with Crippen LogP contribution >= 0.6 is 0 Å². The number of nitrogens with zero attached hydrogens (tertiary/aromatic N) is 1. The average molecular weight is 289 g/mol. The minimum Gasteiger partial charge on any atom is -0.497 e. The van der Waals surface area contributed by atoms with Crippen molar-refractivity contribution in [3.63, 3.8) is 0 Å². The number of nitrogens with one attached hydrogen (secondary N) is 2. The van der Waals surface area contributed by atoms with Gasteiger partial charge in [-0.2, -0.15) is 0 Å². The van der Waals surface area contributed by atoms with Crippen LogP contribution in [0.1, 0.15) is 11.3 Å². The van der Waals surface area contributed by atoms with Crippen LogP contribution < -0.4 is 16.0 Å². The van der Waals surface area contributed by atoms with Crippen LogP contribution in [-0.2, 0) is 0 Å². The molecule has 0 amide bonds. The van der Waals surface area contributed by atoms with Crippen LogP contribution in [0.4, 0.5) is 5.69 Å². The summed E-state index contributed by atoms with van der Waals surface area (Å²) in [5.41, 5.74) is -2.04. The Labute approximate surface area is 117 Å². The van der Waals surface area contributed by atoms with Gasteiger partial charge in [0.25, 0.3) is 0 Å². The van der Waals surface area contributed by atoms with Gasteiger partial charge in [0.2, 0.25) is 0 Å². The molecule has 2 rings (SSSR count). The number of hydrogen-bond donors (Lipinski definition) is 2. The lowest BCUT2D eigenvalue weighted by Crippen LogP contribution is -2.25. The zero-order valence-corrected chi connectivity index (χ0v) is 11.0. The van der Waals surface area contributed by atoms with Crippen LogP contribution in [0.25, 0.3) is 12.2 Å². The van der Waals surface area contributed by atoms with Gasteiger partial charge in [0.05, 0.1) is 12.0 Å². The van der Waals surface area contributed by atoms with E-state index in [-0.39, 0.29) is 5.69 Å². The van der Waals surface area contributed by atoms with Gasteiger partial charge in [0.15, 0.2) is 0 Å². The van der Waals surface area contributed by atoms with Crippen molar-refractivity contribution < 1.29 is 9.66 Å². The molecule has 1 aromatic heterocycles. The molecule has 0 atom stereocenters. The Kier molecular flexibility index (Phi) is 3.98. The molecule has 0 saturated heterocycles. The Morgan fingerprint density at radius 3 is 2.67 bits per heavy atom. The summed E-state index contributed by atoms with van der Waals surface area (Å²) in [4.78, 5) is 36.7. The molecule has 2 aromatic rings. The SMILES string of the molecule is COc1cccc(/C=C\c2[nH]c(=O)[nH]c(=O)c2[N+](=O)[O-])c1. The van der Waals surface area contributed by atoms with Gasteiger partial charge in [-0.15, -0.1) is 0 Å². The molecule has 0 aliphatic rings. The topological polar surface area (TPSA) is 118 Å². The first-order valence-corrected chi connectivity index (χ1v) is 5.84. The Balaban J connectivity index is 2.47. The third kappa shape index (κ3) is 3.24. The lowest BCUT2D eigenvalue weighted by molar-refractivity contribution is -0.386. The monoisotopic (exact) mass is 289 g/mol. The summed E-state index contributed by atoms with van der Waals surface area (Å²) in [7, 11) is 1.52. The van der Waals surface area contributed by atoms with E-state index in [0.29, 0.717) is 11.3 Å². The zero-order valence-electron chi connectivity index (χ0n) is 11.0. The number of benzene rings is 1. The summed E-state index contributed by atoms with van der Waals surface area (Å²) in [5.74, 6) is 0.617. The normalized spacial score (nSPS) is 10.7. The average Bonchev–Trinajstić information content (AvgIpc) is 2.44. The van der Waals surface area contributed by atoms with E-state index >= 15 is 0 Å². The molecule has 0 fully saturated rings. The molecule has 0 aliphatic carbocycles. The maximum absolute atomic E-state index is 11.4. The minimum absolute atomic E-state index is 0.170. The van der Waals surface area contributed by atoms with Gasteiger partial charge in [-0.3, -0.25) is 19.9 Å². The first kappa shape index (κ1) is 14.3. The maximum Gasteiger partial charge on any atom is 0.357 e. The predicted octanol–water partition coefficient (Wildman–Crippen LogP) is 1.15. The molecule has 0 radical (unpaired) electrons. The second-order valence-electron chi connectivity index (χ2n) is 4.04. The quantitative estimate of drug-likeness (QED) is 0.646. The van der Waals surface area contributed by atoms with Crippen molar-refractivity contribution in [2.75, 3.05) is 7.11 Å². The zero-order chi connectivity index (χ0) is 15.4. The van der Waals surface area contributed by atoms with Gasteiger partial charge in [0.1, 0.15) is 11.4 Å². The highest BCUT2D eigenvalue weighted by atomic mass is 16.6. The van der Waals surface area contributed by atoms with Crippen LogP contribution in [-0.4, -0.2) is 22.0 Å². The van der Waals surface area contributed by atoms with Crippen LogP contribution in [0.2, 0.25) is 0 Å². The highest BCUT2D eigenvalue weighted by Gasteiger charge is 2.18. The van der Waals surface area contributed by atoms with Gasteiger partial charge >= 0.3 is 16.9 Å². The van der Waals surface area contributed by atoms with E-state index in [4.69, 9.17) is 4.74 Å². The molecule has 0 bridgehead atoms. The fourth-order valence-electron chi connectivity index (χ4n) is 1.72. The number of methoxy groups -OCH3 is 1. The van der Waals surface area contributed by atoms with E-state index in [1.54, 1.807) is 24.3 Å². The summed E-state index contributed by atoms with van der Waals surface area (Å²) in [5, 5.41) is 10.9. The first-order valence-electron chi connectivity index (χ1n) is 5.84. The number of aromatic amines is 2. The number of ether oxygens (including phenoxy) is 1. The molecular formula is C13H11N3O5. The second kappa shape index (κ2) is 5.87. The van der Waals surface area contributed by atoms with Gasteiger partial charge in [0, 0.05) is 0 Å². The molecule has 0 spiro atoms. The fraction of sp³-hybridized carbons (Fsp3) is 0.0769. The Morgan fingerprint density at radius 1 is 1.24 bits per heavy atom. The molecule has 0 aliphatic heterocycles. The number of aromatic nitrogens is 2. The Bertz CT molecular complexity index is 819. The van der Waals surface area contributed by atoms with E-state index in [1.807, 2.05) is 4.98 Å². The lowest BCUT2D eigenvalue weighted by Gasteiger charge is -2.00. The van der Waals surface area contributed by atoms with Gasteiger partial charge in [-0.05, 0) is 23.8 Å². The van der Waals surface area contributed by atoms with Crippen molar-refractivity contribution in [2.24, 2.45) is 0 Å². The largest absolute Gasteiger partial charge is 0.497 e. The van der Waals surface area contributed by atoms with Crippen LogP contribution in [0.3, 0.4) is 0 Å². The summed E-state index contributed by atoms with van der Waals surface area (Å²) < 4.78 is 5.05. The Morgan fingerprint density at radius 2 is 2.00 bits per heavy atom. The summed E-state index contributed by atoms with van der Waals surface area (Å²) in [6.07, 6.45) is 2.82. The highest BCUT2D eigenvalue weighted by molar-refractivity contribution is 5.72. The first-order chi connectivity index (χ1) is 10.0. The molecule has 8 heteroatoms. The third-order valence-electron chi connectivity index (χ3n) is 2.66. The van der Waals surface area contributed by atoms with E-state index < -0.39 is 21.9 Å². The van der Waals surface area contributed by atoms with Crippen molar-refractivity contribution in [3.8, 4) is 5.75 Å². The molecule has 8 nitrogen and oxygen atoms in total. The lowest BCUT2D eigenvalue weighted by atomic mass is 10.2. The summed E-state index contributed by atoms with van der Waals surface area (Å²) in [6.45, 7) is 0. The molecule has 1 heterocycles. The standard InChI is InChI=1S/C13H11N3O5/c1-21-9-4-2-3-8(7-9)5-6-10-11(16(19)20)12(17)15-13(18)14-10/h2-7H,1H3,(H2,14,15,17,18)/b6-5-. The number of rotatable bonds is 4. The van der Waals surface area contributed by atoms with Gasteiger partial charge < -0.3 is 9.72 Å². The molecule has 2 N–H and O–H groups in total. The van der Waals surface area contributed by atoms with Crippen LogP contribution in [0, 0.1) is 10.1 Å². The van der Waals surface area contributed by atoms with E-state index in [9.17, 15) is 19.7 Å². The van der Waals surface area contributed by atoms with E-state index in [0.717, 1.165) is 0 Å². The fourth-order valence-corrected chi connectivity index (χ4v) is 1.72. The van der Waals surface area contributed by atoms with E-state index in [2.05, 4.69) is 4.98 Å². The summed E-state index contributed by atoms with van der Waals surface area (Å²) in [6, 6.07) is 6.94. The summed E-state index contributed by atoms with van der Waals surface area (Å²) >= 11 is 0. The minimum atomic E-state index is -1.05. The molecule has 0 unspecified atom stereocenters. The van der Waals surface area contributed by atoms with E-state index in [1.165, 1.54) is 19.3 Å². The number of nitro groups is 1. The Hall–Kier alpha value is -3.16. The molecule has 1 aromatic carbocycles. The molecule has 0 saturated carbocycles. The van der Waals surface area contributed by atoms with Crippen molar-refractivity contribution in [3.05, 3.63) is 66.5 Å². The molecular weight excluding hydrogens is 278 g/mol. The second-order valence-corrected chi connectivity index (χ2v) is 4.04.